The number of hydrogen-bond donors (Lipinski definition) is 0. The first-order chi connectivity index (χ1) is 11.5. The molecule has 0 bridgehead atoms. The Kier molecular flexibility index (Phi) is 4.63. The van der Waals surface area contributed by atoms with Gasteiger partial charge in [-0.05, 0) is 25.3 Å². The Bertz CT molecular complexity index is 731. The number of terminal acetylenes is 1. The standard InChI is InChI=1S/C17H16ClFN2O3/c1-2-7-24-15-10-14(13(19)9-12(15)18)21-16(22)8-11-5-3-4-6-20(11)17(21)23/h1,9-11H,3-8H2. The number of ether oxygens (including phenoxy) is 1. The van der Waals surface area contributed by atoms with Crippen molar-refractivity contribution < 1.29 is 18.7 Å². The number of carbonyl (C=O) groups excluding carboxylic acids is 2. The maximum atomic E-state index is 14.4. The number of fused-ring (bicyclic) bond motifs is 1. The van der Waals surface area contributed by atoms with Crippen molar-refractivity contribution in [2.45, 2.75) is 31.7 Å². The fourth-order valence-electron chi connectivity index (χ4n) is 3.15. The van der Waals surface area contributed by atoms with Crippen LogP contribution in [0.4, 0.5) is 14.9 Å². The van der Waals surface area contributed by atoms with Gasteiger partial charge in [0.2, 0.25) is 5.91 Å². The molecule has 3 amide bonds. The predicted molar refractivity (Wildman–Crippen MR) is 87.6 cm³/mol. The molecule has 1 unspecified atom stereocenters. The van der Waals surface area contributed by atoms with Crippen LogP contribution in [0, 0.1) is 18.2 Å². The number of hydrogen-bond acceptors (Lipinski definition) is 3. The van der Waals surface area contributed by atoms with Crippen LogP contribution in [0.3, 0.4) is 0 Å². The molecule has 0 saturated carbocycles. The molecule has 2 saturated heterocycles. The van der Waals surface area contributed by atoms with E-state index in [1.807, 2.05) is 0 Å². The molecule has 7 heteroatoms. The Labute approximate surface area is 144 Å². The third kappa shape index (κ3) is 2.92. The molecule has 126 valence electrons. The van der Waals surface area contributed by atoms with Gasteiger partial charge in [0, 0.05) is 25.1 Å². The minimum atomic E-state index is -0.759. The quantitative estimate of drug-likeness (QED) is 0.787. The molecule has 1 atom stereocenters. The number of nitrogens with zero attached hydrogens (tertiary/aromatic N) is 2. The molecule has 5 nitrogen and oxygen atoms in total. The van der Waals surface area contributed by atoms with Crippen molar-refractivity contribution in [3.05, 3.63) is 23.0 Å². The van der Waals surface area contributed by atoms with E-state index in [4.69, 9.17) is 22.8 Å². The van der Waals surface area contributed by atoms with Gasteiger partial charge in [0.05, 0.1) is 10.7 Å². The number of urea groups is 1. The molecule has 2 aliphatic heterocycles. The molecule has 0 aliphatic carbocycles. The van der Waals surface area contributed by atoms with E-state index in [9.17, 15) is 14.0 Å². The summed E-state index contributed by atoms with van der Waals surface area (Å²) in [5, 5.41) is 0.0271. The number of halogens is 2. The number of anilines is 1. The van der Waals surface area contributed by atoms with Crippen LogP contribution in [0.5, 0.6) is 5.75 Å². The molecule has 0 N–H and O–H groups in total. The van der Waals surface area contributed by atoms with Crippen molar-refractivity contribution >= 4 is 29.2 Å². The number of carbonyl (C=O) groups is 2. The van der Waals surface area contributed by atoms with E-state index in [-0.39, 0.29) is 35.5 Å². The smallest absolute Gasteiger partial charge is 0.331 e. The van der Waals surface area contributed by atoms with E-state index >= 15 is 0 Å². The predicted octanol–water partition coefficient (Wildman–Crippen LogP) is 3.20. The molecule has 1 aromatic carbocycles. The SMILES string of the molecule is C#CCOc1cc(N2C(=O)CC3CCCCN3C2=O)c(F)cc1Cl. The normalized spacial score (nSPS) is 20.6. The van der Waals surface area contributed by atoms with Crippen LogP contribution in [-0.2, 0) is 4.79 Å². The Morgan fingerprint density at radius 1 is 1.38 bits per heavy atom. The van der Waals surface area contributed by atoms with Crippen LogP contribution < -0.4 is 9.64 Å². The van der Waals surface area contributed by atoms with Crippen molar-refractivity contribution in [3.8, 4) is 18.1 Å². The summed E-state index contributed by atoms with van der Waals surface area (Å²) in [4.78, 5) is 27.6. The molecule has 0 radical (unpaired) electrons. The lowest BCUT2D eigenvalue weighted by Crippen LogP contribution is -2.58. The van der Waals surface area contributed by atoms with Crippen molar-refractivity contribution in [2.24, 2.45) is 0 Å². The highest BCUT2D eigenvalue weighted by Gasteiger charge is 2.41. The van der Waals surface area contributed by atoms with E-state index in [0.717, 1.165) is 30.2 Å². The number of rotatable bonds is 3. The Morgan fingerprint density at radius 2 is 2.17 bits per heavy atom. The minimum Gasteiger partial charge on any atom is -0.479 e. The molecular weight excluding hydrogens is 335 g/mol. The lowest BCUT2D eigenvalue weighted by Gasteiger charge is -2.42. The Hall–Kier alpha value is -2.26. The largest absolute Gasteiger partial charge is 0.479 e. The first kappa shape index (κ1) is 16.6. The molecular formula is C17H16ClFN2O3. The molecule has 3 rings (SSSR count). The maximum Gasteiger partial charge on any atom is 0.331 e. The summed E-state index contributed by atoms with van der Waals surface area (Å²) in [5.74, 6) is 1.23. The van der Waals surface area contributed by atoms with Gasteiger partial charge in [0.1, 0.15) is 18.2 Å². The zero-order valence-electron chi connectivity index (χ0n) is 12.9. The molecule has 0 spiro atoms. The fourth-order valence-corrected chi connectivity index (χ4v) is 3.35. The summed E-state index contributed by atoms with van der Waals surface area (Å²) in [5.41, 5.74) is -0.162. The third-order valence-corrected chi connectivity index (χ3v) is 4.57. The van der Waals surface area contributed by atoms with Crippen molar-refractivity contribution in [3.63, 3.8) is 0 Å². The molecule has 0 aromatic heterocycles. The monoisotopic (exact) mass is 350 g/mol. The average molecular weight is 351 g/mol. The van der Waals surface area contributed by atoms with Crippen LogP contribution in [-0.4, -0.2) is 36.0 Å². The van der Waals surface area contributed by atoms with Crippen LogP contribution in [0.1, 0.15) is 25.7 Å². The van der Waals surface area contributed by atoms with Crippen molar-refractivity contribution in [2.75, 3.05) is 18.1 Å². The lowest BCUT2D eigenvalue weighted by atomic mass is 9.97. The highest BCUT2D eigenvalue weighted by Crippen LogP contribution is 2.36. The van der Waals surface area contributed by atoms with E-state index in [1.54, 1.807) is 4.90 Å². The first-order valence-electron chi connectivity index (χ1n) is 7.71. The van der Waals surface area contributed by atoms with Gasteiger partial charge >= 0.3 is 6.03 Å². The number of amides is 3. The Balaban J connectivity index is 1.96. The molecule has 24 heavy (non-hydrogen) atoms. The molecule has 2 fully saturated rings. The lowest BCUT2D eigenvalue weighted by molar-refractivity contribution is -0.120. The highest BCUT2D eigenvalue weighted by atomic mass is 35.5. The zero-order valence-corrected chi connectivity index (χ0v) is 13.7. The highest BCUT2D eigenvalue weighted by molar-refractivity contribution is 6.32. The van der Waals surface area contributed by atoms with Crippen LogP contribution in [0.15, 0.2) is 12.1 Å². The zero-order chi connectivity index (χ0) is 17.3. The topological polar surface area (TPSA) is 49.9 Å². The van der Waals surface area contributed by atoms with Crippen LogP contribution in [0.2, 0.25) is 5.02 Å². The summed E-state index contributed by atoms with van der Waals surface area (Å²) in [7, 11) is 0. The van der Waals surface area contributed by atoms with Gasteiger partial charge in [0.25, 0.3) is 0 Å². The maximum absolute atomic E-state index is 14.4. The second kappa shape index (κ2) is 6.70. The third-order valence-electron chi connectivity index (χ3n) is 4.28. The van der Waals surface area contributed by atoms with E-state index < -0.39 is 17.8 Å². The fraction of sp³-hybridized carbons (Fsp3) is 0.412. The summed E-state index contributed by atoms with van der Waals surface area (Å²) in [6, 6.07) is 1.67. The second-order valence-electron chi connectivity index (χ2n) is 5.79. The summed E-state index contributed by atoms with van der Waals surface area (Å²) in [6.45, 7) is 0.518. The van der Waals surface area contributed by atoms with Gasteiger partial charge in [-0.2, -0.15) is 0 Å². The summed E-state index contributed by atoms with van der Waals surface area (Å²) in [6.07, 6.45) is 7.99. The van der Waals surface area contributed by atoms with E-state index in [2.05, 4.69) is 5.92 Å². The minimum absolute atomic E-state index is 0.0271. The van der Waals surface area contributed by atoms with Gasteiger partial charge in [-0.1, -0.05) is 17.5 Å². The van der Waals surface area contributed by atoms with Crippen molar-refractivity contribution in [1.82, 2.24) is 4.90 Å². The summed E-state index contributed by atoms with van der Waals surface area (Å²) >= 11 is 5.93. The van der Waals surface area contributed by atoms with E-state index in [0.29, 0.717) is 6.54 Å². The Morgan fingerprint density at radius 3 is 2.92 bits per heavy atom. The van der Waals surface area contributed by atoms with Gasteiger partial charge in [0.15, 0.2) is 0 Å². The van der Waals surface area contributed by atoms with Gasteiger partial charge in [-0.25, -0.2) is 14.1 Å². The molecule has 1 aromatic rings. The van der Waals surface area contributed by atoms with Crippen molar-refractivity contribution in [1.29, 1.82) is 0 Å². The number of benzene rings is 1. The average Bonchev–Trinajstić information content (AvgIpc) is 2.55. The van der Waals surface area contributed by atoms with Crippen LogP contribution in [0.25, 0.3) is 0 Å². The number of piperidine rings is 1. The van der Waals surface area contributed by atoms with Gasteiger partial charge in [-0.15, -0.1) is 6.42 Å². The van der Waals surface area contributed by atoms with Crippen LogP contribution >= 0.6 is 11.6 Å². The summed E-state index contributed by atoms with van der Waals surface area (Å²) < 4.78 is 19.6. The van der Waals surface area contributed by atoms with Gasteiger partial charge in [-0.3, -0.25) is 4.79 Å². The number of imide groups is 1. The molecule has 2 aliphatic rings. The first-order valence-corrected chi connectivity index (χ1v) is 8.09. The van der Waals surface area contributed by atoms with Gasteiger partial charge < -0.3 is 9.64 Å². The van der Waals surface area contributed by atoms with E-state index in [1.165, 1.54) is 6.07 Å². The molecule has 2 heterocycles. The second-order valence-corrected chi connectivity index (χ2v) is 6.19.